The summed E-state index contributed by atoms with van der Waals surface area (Å²) in [5.74, 6) is -1.52. The van der Waals surface area contributed by atoms with Crippen LogP contribution in [0.3, 0.4) is 0 Å². The maximum atomic E-state index is 13.4. The summed E-state index contributed by atoms with van der Waals surface area (Å²) in [6, 6.07) is 0. The maximum absolute atomic E-state index is 13.4. The number of ether oxygens (including phenoxy) is 1. The van der Waals surface area contributed by atoms with E-state index in [1.165, 1.54) is 51.4 Å². The van der Waals surface area contributed by atoms with Gasteiger partial charge in [-0.2, -0.15) is 0 Å². The second kappa shape index (κ2) is 20.7. The van der Waals surface area contributed by atoms with Crippen molar-refractivity contribution in [2.75, 3.05) is 0 Å². The van der Waals surface area contributed by atoms with E-state index in [-0.39, 0.29) is 33.7 Å². The summed E-state index contributed by atoms with van der Waals surface area (Å²) in [6.07, 6.45) is 22.5. The number of esters is 1. The molecule has 0 aromatic heterocycles. The van der Waals surface area contributed by atoms with Crippen molar-refractivity contribution in [3.05, 3.63) is 12.2 Å². The van der Waals surface area contributed by atoms with Crippen molar-refractivity contribution in [2.24, 2.45) is 27.6 Å². The number of rotatable bonds is 26. The van der Waals surface area contributed by atoms with E-state index in [1.54, 1.807) is 0 Å². The van der Waals surface area contributed by atoms with Crippen LogP contribution < -0.4 is 0 Å². The number of carbonyl (C=O) groups excluding carboxylic acids is 1. The van der Waals surface area contributed by atoms with Crippen LogP contribution in [-0.4, -0.2) is 23.1 Å². The van der Waals surface area contributed by atoms with Crippen molar-refractivity contribution in [2.45, 2.75) is 198 Å². The summed E-state index contributed by atoms with van der Waals surface area (Å²) in [5.41, 5.74) is 0.0996. The first kappa shape index (κ1) is 41.7. The summed E-state index contributed by atoms with van der Waals surface area (Å²) in [4.78, 5) is 24.7. The van der Waals surface area contributed by atoms with Gasteiger partial charge in [-0.3, -0.25) is 0 Å². The highest BCUT2D eigenvalue weighted by molar-refractivity contribution is 5.90. The molecule has 43 heavy (non-hydrogen) atoms. The number of hydrogen-bond acceptors (Lipinski definition) is 3. The van der Waals surface area contributed by atoms with E-state index in [9.17, 15) is 14.7 Å². The molecular weight excluding hydrogens is 532 g/mol. The van der Waals surface area contributed by atoms with Crippen LogP contribution in [0.1, 0.15) is 192 Å². The summed E-state index contributed by atoms with van der Waals surface area (Å²) >= 11 is 0. The Morgan fingerprint density at radius 2 is 0.907 bits per heavy atom. The highest BCUT2D eigenvalue weighted by atomic mass is 16.5. The lowest BCUT2D eigenvalue weighted by Gasteiger charge is -2.70. The third-order valence-corrected chi connectivity index (χ3v) is 10.9. The van der Waals surface area contributed by atoms with Gasteiger partial charge in [-0.15, -0.1) is 0 Å². The van der Waals surface area contributed by atoms with Crippen molar-refractivity contribution in [1.82, 2.24) is 0 Å². The number of carboxylic acids is 1. The lowest BCUT2D eigenvalue weighted by atomic mass is 9.34. The van der Waals surface area contributed by atoms with Crippen LogP contribution >= 0.6 is 0 Å². The largest absolute Gasteiger partial charge is 0.478 e. The van der Waals surface area contributed by atoms with Gasteiger partial charge >= 0.3 is 11.9 Å². The Labute approximate surface area is 268 Å². The fraction of sp³-hybridized carbons (Fsp3) is 0.897. The SMILES string of the molecule is CCCC(CCC)(CCC)C(CCC)(CCC)C(CCC)(CCC)C(CCC)(CCC)C(OC(=O)/C=C/C(=O)O)C(C)C. The molecule has 0 radical (unpaired) electrons. The van der Waals surface area contributed by atoms with E-state index in [0.717, 1.165) is 76.4 Å². The molecule has 0 aromatic rings. The number of carbonyl (C=O) groups is 2. The molecule has 0 spiro atoms. The normalized spacial score (nSPS) is 14.0. The van der Waals surface area contributed by atoms with Crippen molar-refractivity contribution < 1.29 is 19.4 Å². The van der Waals surface area contributed by atoms with Crippen molar-refractivity contribution in [3.8, 4) is 0 Å². The van der Waals surface area contributed by atoms with Crippen LogP contribution in [-0.2, 0) is 14.3 Å². The van der Waals surface area contributed by atoms with E-state index in [4.69, 9.17) is 4.74 Å². The first-order chi connectivity index (χ1) is 20.4. The van der Waals surface area contributed by atoms with E-state index >= 15 is 0 Å². The molecule has 0 saturated carbocycles. The monoisotopic (exact) mass is 607 g/mol. The number of carboxylic acid groups (broad SMARTS) is 1. The lowest BCUT2D eigenvalue weighted by Crippen LogP contribution is -2.65. The highest BCUT2D eigenvalue weighted by Crippen LogP contribution is 2.74. The molecule has 0 aliphatic rings. The van der Waals surface area contributed by atoms with Crippen LogP contribution in [0, 0.1) is 27.6 Å². The van der Waals surface area contributed by atoms with Gasteiger partial charge in [0, 0.05) is 17.6 Å². The molecule has 254 valence electrons. The van der Waals surface area contributed by atoms with Gasteiger partial charge in [-0.1, -0.05) is 134 Å². The summed E-state index contributed by atoms with van der Waals surface area (Å²) < 4.78 is 6.59. The third kappa shape index (κ3) is 9.35. The molecule has 0 bridgehead atoms. The van der Waals surface area contributed by atoms with Crippen LogP contribution in [0.4, 0.5) is 0 Å². The molecule has 0 aliphatic heterocycles. The van der Waals surface area contributed by atoms with Gasteiger partial charge in [0.1, 0.15) is 6.10 Å². The zero-order valence-electron chi connectivity index (χ0n) is 30.7. The zero-order valence-corrected chi connectivity index (χ0v) is 30.7. The standard InChI is InChI=1S/C39H74O4/c1-12-23-36(24-13-2,25-14-3)38(28-17-6,29-18-7)39(30-19-8,31-20-9)37(26-15-4,27-16-5)35(32(10)11)43-34(42)22-21-33(40)41/h21-22,32,35H,12-20,23-31H2,1-11H3,(H,40,41)/b22-21+. The fourth-order valence-electron chi connectivity index (χ4n) is 10.7. The molecule has 1 unspecified atom stereocenters. The van der Waals surface area contributed by atoms with Gasteiger partial charge in [0.2, 0.25) is 0 Å². The smallest absolute Gasteiger partial charge is 0.331 e. The quantitative estimate of drug-likeness (QED) is 0.0785. The Bertz CT molecular complexity index is 760. The maximum Gasteiger partial charge on any atom is 0.331 e. The Hall–Kier alpha value is -1.32. The van der Waals surface area contributed by atoms with Gasteiger partial charge < -0.3 is 9.84 Å². The summed E-state index contributed by atoms with van der Waals surface area (Å²) in [5, 5.41) is 9.27. The van der Waals surface area contributed by atoms with E-state index in [1.807, 2.05) is 0 Å². The molecule has 0 saturated heterocycles. The molecule has 0 heterocycles. The first-order valence-corrected chi connectivity index (χ1v) is 18.6. The second-order valence-electron chi connectivity index (χ2n) is 14.1. The number of hydrogen-bond donors (Lipinski definition) is 1. The lowest BCUT2D eigenvalue weighted by molar-refractivity contribution is -0.239. The Balaban J connectivity index is 8.48. The van der Waals surface area contributed by atoms with Gasteiger partial charge in [0.15, 0.2) is 0 Å². The van der Waals surface area contributed by atoms with Gasteiger partial charge in [-0.25, -0.2) is 9.59 Å². The minimum absolute atomic E-state index is 0.0211. The predicted molar refractivity (Wildman–Crippen MR) is 185 cm³/mol. The minimum atomic E-state index is -1.12. The van der Waals surface area contributed by atoms with Crippen molar-refractivity contribution in [3.63, 3.8) is 0 Å². The molecule has 0 aromatic carbocycles. The Morgan fingerprint density at radius 1 is 0.558 bits per heavy atom. The fourth-order valence-corrected chi connectivity index (χ4v) is 10.7. The number of aliphatic carboxylic acids is 1. The van der Waals surface area contributed by atoms with Crippen LogP contribution in [0.25, 0.3) is 0 Å². The van der Waals surface area contributed by atoms with E-state index < -0.39 is 11.9 Å². The molecule has 4 nitrogen and oxygen atoms in total. The van der Waals surface area contributed by atoms with E-state index in [2.05, 4.69) is 76.2 Å². The molecule has 0 fully saturated rings. The second-order valence-corrected chi connectivity index (χ2v) is 14.1. The molecule has 0 aliphatic carbocycles. The Kier molecular flexibility index (Phi) is 20.0. The third-order valence-electron chi connectivity index (χ3n) is 10.9. The summed E-state index contributed by atoms with van der Waals surface area (Å²) in [7, 11) is 0. The predicted octanol–water partition coefficient (Wildman–Crippen LogP) is 12.3. The van der Waals surface area contributed by atoms with Crippen LogP contribution in [0.5, 0.6) is 0 Å². The first-order valence-electron chi connectivity index (χ1n) is 18.6. The molecular formula is C39H74O4. The average Bonchev–Trinajstić information content (AvgIpc) is 2.94. The van der Waals surface area contributed by atoms with Crippen LogP contribution in [0.2, 0.25) is 0 Å². The van der Waals surface area contributed by atoms with Gasteiger partial charge in [0.05, 0.1) is 0 Å². The van der Waals surface area contributed by atoms with Crippen molar-refractivity contribution in [1.29, 1.82) is 0 Å². The topological polar surface area (TPSA) is 63.6 Å². The Morgan fingerprint density at radius 3 is 1.21 bits per heavy atom. The average molecular weight is 607 g/mol. The molecule has 1 N–H and O–H groups in total. The molecule has 0 amide bonds. The zero-order chi connectivity index (χ0) is 33.2. The molecule has 0 rings (SSSR count). The van der Waals surface area contributed by atoms with Crippen molar-refractivity contribution >= 4 is 11.9 Å². The van der Waals surface area contributed by atoms with Crippen LogP contribution in [0.15, 0.2) is 12.2 Å². The van der Waals surface area contributed by atoms with E-state index in [0.29, 0.717) is 0 Å². The van der Waals surface area contributed by atoms with Gasteiger partial charge in [-0.05, 0) is 80.0 Å². The minimum Gasteiger partial charge on any atom is -0.478 e. The highest BCUT2D eigenvalue weighted by Gasteiger charge is 2.68. The molecule has 1 atom stereocenters. The summed E-state index contributed by atoms with van der Waals surface area (Å²) in [6.45, 7) is 25.8. The van der Waals surface area contributed by atoms with Gasteiger partial charge in [0.25, 0.3) is 0 Å². The molecule has 4 heteroatoms.